The monoisotopic (exact) mass is 320 g/mol. The summed E-state index contributed by atoms with van der Waals surface area (Å²) in [5.74, 6) is 1.18. The Labute approximate surface area is 132 Å². The number of nitrogens with one attached hydrogen (secondary N) is 1. The maximum atomic E-state index is 12.4. The lowest BCUT2D eigenvalue weighted by molar-refractivity contribution is 0.120. The molecule has 1 atom stereocenters. The molecule has 1 fully saturated rings. The highest BCUT2D eigenvalue weighted by atomic mass is 16.5. The topological polar surface area (TPSA) is 105 Å². The van der Waals surface area contributed by atoms with Gasteiger partial charge in [0.05, 0.1) is 6.61 Å². The van der Waals surface area contributed by atoms with Gasteiger partial charge in [0.2, 0.25) is 5.71 Å². The predicted molar refractivity (Wildman–Crippen MR) is 83.7 cm³/mol. The molecule has 0 bridgehead atoms. The first-order valence-corrected chi connectivity index (χ1v) is 7.80. The molecule has 23 heavy (non-hydrogen) atoms. The number of aliphatic hydroxyl groups is 1. The molecule has 0 saturated heterocycles. The molecular weight excluding hydrogens is 300 g/mol. The second kappa shape index (κ2) is 6.16. The van der Waals surface area contributed by atoms with Crippen LogP contribution in [0.4, 0.5) is 0 Å². The van der Waals surface area contributed by atoms with Gasteiger partial charge in [-0.05, 0) is 43.6 Å². The number of rotatable bonds is 5. The summed E-state index contributed by atoms with van der Waals surface area (Å²) in [7, 11) is 0. The number of aromatic nitrogens is 2. The Balaban J connectivity index is 2.01. The van der Waals surface area contributed by atoms with Gasteiger partial charge in [-0.15, -0.1) is 0 Å². The van der Waals surface area contributed by atoms with E-state index in [1.807, 2.05) is 0 Å². The van der Waals surface area contributed by atoms with Gasteiger partial charge >= 0.3 is 5.63 Å². The number of aliphatic hydroxyl groups excluding tert-OH is 1. The Hall–Kier alpha value is -2.15. The number of hydrogen-bond acceptors (Lipinski definition) is 6. The smallest absolute Gasteiger partial charge is 0.337 e. The number of aromatic amines is 1. The van der Waals surface area contributed by atoms with E-state index >= 15 is 0 Å². The van der Waals surface area contributed by atoms with Gasteiger partial charge < -0.3 is 14.3 Å². The first-order valence-electron chi connectivity index (χ1n) is 7.80. The van der Waals surface area contributed by atoms with Crippen molar-refractivity contribution < 1.29 is 14.3 Å². The molecule has 1 saturated carbocycles. The van der Waals surface area contributed by atoms with Crippen molar-refractivity contribution in [3.05, 3.63) is 32.4 Å². The van der Waals surface area contributed by atoms with Crippen molar-refractivity contribution in [2.24, 2.45) is 11.8 Å². The Morgan fingerprint density at radius 3 is 2.87 bits per heavy atom. The van der Waals surface area contributed by atoms with Gasteiger partial charge in [0.25, 0.3) is 11.6 Å². The van der Waals surface area contributed by atoms with Crippen molar-refractivity contribution in [3.8, 4) is 6.01 Å². The van der Waals surface area contributed by atoms with Crippen LogP contribution >= 0.6 is 0 Å². The predicted octanol–water partition coefficient (Wildman–Crippen LogP) is 1.22. The van der Waals surface area contributed by atoms with Crippen LogP contribution in [0.5, 0.6) is 6.01 Å². The molecule has 2 heterocycles. The van der Waals surface area contributed by atoms with Crippen LogP contribution in [0.2, 0.25) is 0 Å². The molecule has 2 aromatic heterocycles. The van der Waals surface area contributed by atoms with E-state index in [1.165, 1.54) is 6.07 Å². The van der Waals surface area contributed by atoms with Gasteiger partial charge in [0.1, 0.15) is 11.5 Å². The van der Waals surface area contributed by atoms with Crippen molar-refractivity contribution in [2.75, 3.05) is 6.61 Å². The highest BCUT2D eigenvalue weighted by molar-refractivity contribution is 5.75. The van der Waals surface area contributed by atoms with Crippen LogP contribution in [0.25, 0.3) is 11.1 Å². The fourth-order valence-electron chi connectivity index (χ4n) is 3.12. The average molecular weight is 320 g/mol. The highest BCUT2D eigenvalue weighted by Crippen LogP contribution is 2.36. The summed E-state index contributed by atoms with van der Waals surface area (Å²) < 4.78 is 10.3. The Kier molecular flexibility index (Phi) is 4.21. The summed E-state index contributed by atoms with van der Waals surface area (Å²) in [6, 6.07) is 1.31. The molecule has 7 heteroatoms. The third-order valence-electron chi connectivity index (χ3n) is 4.22. The quantitative estimate of drug-likeness (QED) is 0.858. The number of ether oxygens (including phenoxy) is 1. The molecule has 2 aromatic rings. The molecule has 2 N–H and O–H groups in total. The zero-order chi connectivity index (χ0) is 16.6. The van der Waals surface area contributed by atoms with Crippen molar-refractivity contribution in [1.29, 1.82) is 0 Å². The van der Waals surface area contributed by atoms with Crippen molar-refractivity contribution in [3.63, 3.8) is 0 Å². The zero-order valence-corrected chi connectivity index (χ0v) is 13.2. The summed E-state index contributed by atoms with van der Waals surface area (Å²) in [6.45, 7) is 3.61. The van der Waals surface area contributed by atoms with Gasteiger partial charge in [-0.1, -0.05) is 6.92 Å². The number of H-pyrrole nitrogens is 1. The summed E-state index contributed by atoms with van der Waals surface area (Å²) in [6.07, 6.45) is 2.34. The minimum Gasteiger partial charge on any atom is -0.459 e. The van der Waals surface area contributed by atoms with E-state index < -0.39 is 17.3 Å². The molecular formula is C16H20N2O5. The molecule has 124 valence electrons. The van der Waals surface area contributed by atoms with Gasteiger partial charge in [-0.2, -0.15) is 4.98 Å². The molecule has 0 amide bonds. The van der Waals surface area contributed by atoms with Crippen LogP contribution in [0.3, 0.4) is 0 Å². The van der Waals surface area contributed by atoms with E-state index in [4.69, 9.17) is 14.3 Å². The molecule has 1 aliphatic carbocycles. The Morgan fingerprint density at radius 2 is 2.22 bits per heavy atom. The summed E-state index contributed by atoms with van der Waals surface area (Å²) in [5, 5.41) is 9.30. The largest absolute Gasteiger partial charge is 0.459 e. The lowest BCUT2D eigenvalue weighted by Crippen LogP contribution is -2.25. The van der Waals surface area contributed by atoms with Crippen LogP contribution < -0.4 is 15.9 Å². The van der Waals surface area contributed by atoms with E-state index in [0.29, 0.717) is 29.2 Å². The summed E-state index contributed by atoms with van der Waals surface area (Å²) >= 11 is 0. The zero-order valence-electron chi connectivity index (χ0n) is 13.2. The molecule has 0 aliphatic heterocycles. The molecule has 7 nitrogen and oxygen atoms in total. The van der Waals surface area contributed by atoms with Gasteiger partial charge in [0.15, 0.2) is 0 Å². The van der Waals surface area contributed by atoms with E-state index in [0.717, 1.165) is 12.8 Å². The molecule has 0 spiro atoms. The van der Waals surface area contributed by atoms with Gasteiger partial charge in [-0.25, -0.2) is 4.79 Å². The third-order valence-corrected chi connectivity index (χ3v) is 4.22. The van der Waals surface area contributed by atoms with E-state index in [9.17, 15) is 9.59 Å². The standard InChI is InChI=1S/C16H20N2O5/c1-8-3-10(4-8)5-11-6-12(20)23-15-13(11)14(21)17-16(18-15)22-9(2)7-19/h6,8-10,19H,3-5,7H2,1-2H3,(H,17,18,21). The molecule has 0 radical (unpaired) electrons. The maximum absolute atomic E-state index is 12.4. The molecule has 0 aromatic carbocycles. The van der Waals surface area contributed by atoms with Crippen LogP contribution in [-0.2, 0) is 6.42 Å². The summed E-state index contributed by atoms with van der Waals surface area (Å²) in [5.41, 5.74) is -0.284. The van der Waals surface area contributed by atoms with Crippen LogP contribution in [-0.4, -0.2) is 27.8 Å². The lowest BCUT2D eigenvalue weighted by Gasteiger charge is -2.32. The molecule has 1 unspecified atom stereocenters. The Morgan fingerprint density at radius 1 is 1.48 bits per heavy atom. The fraction of sp³-hybridized carbons (Fsp3) is 0.562. The second-order valence-electron chi connectivity index (χ2n) is 6.40. The van der Waals surface area contributed by atoms with E-state index in [1.54, 1.807) is 6.92 Å². The second-order valence-corrected chi connectivity index (χ2v) is 6.40. The minimum atomic E-state index is -0.529. The first-order chi connectivity index (χ1) is 11.0. The SMILES string of the molecule is CC1CC(Cc2cc(=O)oc3nc(OC(C)CO)[nH]c(=O)c23)C1. The fourth-order valence-corrected chi connectivity index (χ4v) is 3.12. The van der Waals surface area contributed by atoms with Gasteiger partial charge in [-0.3, -0.25) is 9.78 Å². The minimum absolute atomic E-state index is 0.0243. The van der Waals surface area contributed by atoms with E-state index in [-0.39, 0.29) is 18.3 Å². The van der Waals surface area contributed by atoms with Crippen molar-refractivity contribution >= 4 is 11.1 Å². The number of hydrogen-bond donors (Lipinski definition) is 2. The normalized spacial score (nSPS) is 21.9. The molecule has 1 aliphatic rings. The molecule has 3 rings (SSSR count). The average Bonchev–Trinajstić information content (AvgIpc) is 2.44. The number of nitrogens with zero attached hydrogens (tertiary/aromatic N) is 1. The van der Waals surface area contributed by atoms with Crippen LogP contribution in [0, 0.1) is 11.8 Å². The highest BCUT2D eigenvalue weighted by Gasteiger charge is 2.27. The van der Waals surface area contributed by atoms with Crippen LogP contribution in [0.15, 0.2) is 20.1 Å². The first kappa shape index (κ1) is 15.7. The van der Waals surface area contributed by atoms with Crippen molar-refractivity contribution in [2.45, 2.75) is 39.2 Å². The van der Waals surface area contributed by atoms with Crippen molar-refractivity contribution in [1.82, 2.24) is 9.97 Å². The summed E-state index contributed by atoms with van der Waals surface area (Å²) in [4.78, 5) is 30.7. The maximum Gasteiger partial charge on any atom is 0.337 e. The number of fused-ring (bicyclic) bond motifs is 1. The lowest BCUT2D eigenvalue weighted by atomic mass is 9.73. The third kappa shape index (κ3) is 3.29. The Bertz CT molecular complexity index is 819. The van der Waals surface area contributed by atoms with Crippen LogP contribution in [0.1, 0.15) is 32.3 Å². The van der Waals surface area contributed by atoms with E-state index in [2.05, 4.69) is 16.9 Å². The van der Waals surface area contributed by atoms with Gasteiger partial charge in [0, 0.05) is 6.07 Å².